The van der Waals surface area contributed by atoms with Crippen molar-refractivity contribution in [2.75, 3.05) is 9.80 Å². The van der Waals surface area contributed by atoms with Crippen molar-refractivity contribution in [1.29, 1.82) is 0 Å². The van der Waals surface area contributed by atoms with Crippen LogP contribution in [0.3, 0.4) is 0 Å². The minimum Gasteiger partial charge on any atom is -0.311 e. The maximum Gasteiger partial charge on any atom is 0.0640 e. The van der Waals surface area contributed by atoms with Gasteiger partial charge in [-0.2, -0.15) is 0 Å². The summed E-state index contributed by atoms with van der Waals surface area (Å²) in [5, 5.41) is 5.00. The van der Waals surface area contributed by atoms with Crippen molar-refractivity contribution in [3.63, 3.8) is 0 Å². The van der Waals surface area contributed by atoms with Crippen LogP contribution < -0.4 is 9.80 Å². The number of thiophene rings is 1. The third kappa shape index (κ3) is 6.01. The third-order valence-electron chi connectivity index (χ3n) is 10.4. The molecule has 0 unspecified atom stereocenters. The first-order chi connectivity index (χ1) is 27.3. The molecular weight excluding hydrogens is 685 g/mol. The zero-order valence-electron chi connectivity index (χ0n) is 30.1. The normalized spacial score (nSPS) is 11.3. The van der Waals surface area contributed by atoms with E-state index in [2.05, 4.69) is 228 Å². The van der Waals surface area contributed by atoms with Crippen LogP contribution in [-0.4, -0.2) is 0 Å². The predicted molar refractivity (Wildman–Crippen MR) is 237 cm³/mol. The highest BCUT2D eigenvalue weighted by Gasteiger charge is 2.23. The number of benzene rings is 9. The summed E-state index contributed by atoms with van der Waals surface area (Å²) in [4.78, 5) is 4.79. The molecule has 0 N–H and O–H groups in total. The van der Waals surface area contributed by atoms with Crippen molar-refractivity contribution in [2.45, 2.75) is 0 Å². The second-order valence-corrected chi connectivity index (χ2v) is 14.8. The fraction of sp³-hybridized carbons (Fsp3) is 0. The molecule has 0 fully saturated rings. The second-order valence-electron chi connectivity index (χ2n) is 13.7. The average molecular weight is 721 g/mol. The largest absolute Gasteiger partial charge is 0.311 e. The second kappa shape index (κ2) is 14.1. The van der Waals surface area contributed by atoms with E-state index in [1.54, 1.807) is 0 Å². The first-order valence-electron chi connectivity index (χ1n) is 18.7. The number of hydrogen-bond acceptors (Lipinski definition) is 3. The van der Waals surface area contributed by atoms with Crippen LogP contribution in [0.1, 0.15) is 0 Å². The Bertz CT molecular complexity index is 2900. The van der Waals surface area contributed by atoms with Gasteiger partial charge in [0, 0.05) is 43.8 Å². The van der Waals surface area contributed by atoms with Gasteiger partial charge in [-0.3, -0.25) is 0 Å². The van der Waals surface area contributed by atoms with Crippen molar-refractivity contribution in [2.24, 2.45) is 0 Å². The predicted octanol–water partition coefficient (Wildman–Crippen LogP) is 15.5. The number of rotatable bonds is 8. The molecule has 260 valence electrons. The maximum atomic E-state index is 2.46. The molecule has 55 heavy (non-hydrogen) atoms. The zero-order valence-corrected chi connectivity index (χ0v) is 30.9. The number of hydrogen-bond donors (Lipinski definition) is 0. The van der Waals surface area contributed by atoms with Crippen LogP contribution in [0.15, 0.2) is 218 Å². The van der Waals surface area contributed by atoms with Crippen LogP contribution in [-0.2, 0) is 0 Å². The van der Waals surface area contributed by atoms with Gasteiger partial charge >= 0.3 is 0 Å². The molecule has 0 aliphatic carbocycles. The highest BCUT2D eigenvalue weighted by Crippen LogP contribution is 2.49. The Kier molecular flexibility index (Phi) is 8.40. The van der Waals surface area contributed by atoms with E-state index in [0.29, 0.717) is 0 Å². The van der Waals surface area contributed by atoms with Crippen molar-refractivity contribution in [3.05, 3.63) is 218 Å². The monoisotopic (exact) mass is 720 g/mol. The molecule has 0 amide bonds. The standard InChI is InChI=1S/C52H36N2S/c1-4-15-37(16-5-1)38-27-32-43(33-28-38)53(41-18-6-2-7-19-41)44-34-29-40(30-35-44)51-45-22-11-10-17-39(45)31-36-48(51)54(42-20-8-3-9-21-42)49-25-14-24-47-46-23-12-13-26-50(46)55-52(47)49/h1-36H. The van der Waals surface area contributed by atoms with Gasteiger partial charge in [0.2, 0.25) is 0 Å². The molecule has 1 heterocycles. The van der Waals surface area contributed by atoms with E-state index in [4.69, 9.17) is 0 Å². The molecule has 10 rings (SSSR count). The van der Waals surface area contributed by atoms with E-state index in [9.17, 15) is 0 Å². The highest BCUT2D eigenvalue weighted by atomic mass is 32.1. The molecule has 1 aromatic heterocycles. The van der Waals surface area contributed by atoms with Crippen molar-refractivity contribution >= 4 is 76.4 Å². The van der Waals surface area contributed by atoms with E-state index in [1.165, 1.54) is 53.3 Å². The molecule has 3 heteroatoms. The van der Waals surface area contributed by atoms with E-state index in [-0.39, 0.29) is 0 Å². The molecule has 10 aromatic rings. The number of para-hydroxylation sites is 2. The Labute approximate surface area is 325 Å². The number of anilines is 6. The zero-order chi connectivity index (χ0) is 36.6. The van der Waals surface area contributed by atoms with E-state index < -0.39 is 0 Å². The lowest BCUT2D eigenvalue weighted by atomic mass is 9.94. The molecule has 0 saturated carbocycles. The Morgan fingerprint density at radius 2 is 0.800 bits per heavy atom. The molecule has 0 aliphatic heterocycles. The van der Waals surface area contributed by atoms with Crippen LogP contribution in [0.4, 0.5) is 34.1 Å². The van der Waals surface area contributed by atoms with Gasteiger partial charge in [-0.15, -0.1) is 11.3 Å². The minimum absolute atomic E-state index is 1.10. The maximum absolute atomic E-state index is 2.46. The van der Waals surface area contributed by atoms with E-state index in [0.717, 1.165) is 34.0 Å². The molecule has 0 atom stereocenters. The van der Waals surface area contributed by atoms with Crippen molar-refractivity contribution in [3.8, 4) is 22.3 Å². The minimum atomic E-state index is 1.10. The molecule has 2 nitrogen and oxygen atoms in total. The smallest absolute Gasteiger partial charge is 0.0640 e. The molecule has 9 aromatic carbocycles. The Balaban J connectivity index is 1.14. The first kappa shape index (κ1) is 32.7. The lowest BCUT2D eigenvalue weighted by Gasteiger charge is -2.29. The summed E-state index contributed by atoms with van der Waals surface area (Å²) < 4.78 is 2.57. The SMILES string of the molecule is c1ccc(-c2ccc(N(c3ccccc3)c3ccc(-c4c(N(c5ccccc5)c5cccc6c5sc5ccccc56)ccc5ccccc45)cc3)cc2)cc1. The molecule has 0 radical (unpaired) electrons. The van der Waals surface area contributed by atoms with Gasteiger partial charge in [-0.1, -0.05) is 152 Å². The highest BCUT2D eigenvalue weighted by molar-refractivity contribution is 7.26. The summed E-state index contributed by atoms with van der Waals surface area (Å²) in [6.07, 6.45) is 0. The van der Waals surface area contributed by atoms with Crippen LogP contribution >= 0.6 is 11.3 Å². The average Bonchev–Trinajstić information content (AvgIpc) is 3.65. The van der Waals surface area contributed by atoms with Gasteiger partial charge in [0.05, 0.1) is 16.1 Å². The third-order valence-corrected chi connectivity index (χ3v) is 11.7. The quantitative estimate of drug-likeness (QED) is 0.154. The summed E-state index contributed by atoms with van der Waals surface area (Å²) >= 11 is 1.86. The summed E-state index contributed by atoms with van der Waals surface area (Å²) in [7, 11) is 0. The van der Waals surface area contributed by atoms with Gasteiger partial charge in [0.15, 0.2) is 0 Å². The van der Waals surface area contributed by atoms with Crippen molar-refractivity contribution < 1.29 is 0 Å². The molecule has 0 aliphatic rings. The van der Waals surface area contributed by atoms with Gasteiger partial charge in [-0.25, -0.2) is 0 Å². The summed E-state index contributed by atoms with van der Waals surface area (Å²) in [6.45, 7) is 0. The Morgan fingerprint density at radius 1 is 0.291 bits per heavy atom. The molecule has 0 spiro atoms. The van der Waals surface area contributed by atoms with Gasteiger partial charge in [0.25, 0.3) is 0 Å². The molecule has 0 bridgehead atoms. The van der Waals surface area contributed by atoms with E-state index in [1.807, 2.05) is 11.3 Å². The lowest BCUT2D eigenvalue weighted by Crippen LogP contribution is -2.12. The summed E-state index contributed by atoms with van der Waals surface area (Å²) in [6, 6.07) is 78.8. The van der Waals surface area contributed by atoms with Crippen LogP contribution in [0.25, 0.3) is 53.2 Å². The van der Waals surface area contributed by atoms with E-state index >= 15 is 0 Å². The number of fused-ring (bicyclic) bond motifs is 4. The van der Waals surface area contributed by atoms with Crippen LogP contribution in [0.5, 0.6) is 0 Å². The Morgan fingerprint density at radius 3 is 1.49 bits per heavy atom. The van der Waals surface area contributed by atoms with Crippen LogP contribution in [0, 0.1) is 0 Å². The van der Waals surface area contributed by atoms with Crippen LogP contribution in [0.2, 0.25) is 0 Å². The lowest BCUT2D eigenvalue weighted by molar-refractivity contribution is 1.28. The first-order valence-corrected chi connectivity index (χ1v) is 19.5. The fourth-order valence-corrected chi connectivity index (χ4v) is 9.08. The number of nitrogens with zero attached hydrogens (tertiary/aromatic N) is 2. The summed E-state index contributed by atoms with van der Waals surface area (Å²) in [5.74, 6) is 0. The summed E-state index contributed by atoms with van der Waals surface area (Å²) in [5.41, 5.74) is 11.5. The van der Waals surface area contributed by atoms with Gasteiger partial charge in [-0.05, 0) is 94.2 Å². The Hall–Kier alpha value is -6.94. The molecular formula is C52H36N2S. The van der Waals surface area contributed by atoms with Gasteiger partial charge < -0.3 is 9.80 Å². The fourth-order valence-electron chi connectivity index (χ4n) is 7.88. The molecule has 0 saturated heterocycles. The topological polar surface area (TPSA) is 6.48 Å². The van der Waals surface area contributed by atoms with Gasteiger partial charge in [0.1, 0.15) is 0 Å². The van der Waals surface area contributed by atoms with Crippen molar-refractivity contribution in [1.82, 2.24) is 0 Å².